The first-order valence-electron chi connectivity index (χ1n) is 6.00. The van der Waals surface area contributed by atoms with Gasteiger partial charge < -0.3 is 15.4 Å². The van der Waals surface area contributed by atoms with Crippen LogP contribution in [0.4, 0.5) is 0 Å². The predicted molar refractivity (Wildman–Crippen MR) is 69.1 cm³/mol. The van der Waals surface area contributed by atoms with Crippen molar-refractivity contribution >= 4 is 5.96 Å². The van der Waals surface area contributed by atoms with Crippen LogP contribution < -0.4 is 10.6 Å². The SMILES string of the molecule is COC(CNC1=NCCCN1)c1ccccc1. The Hall–Kier alpha value is -1.55. The van der Waals surface area contributed by atoms with Crippen molar-refractivity contribution in [3.8, 4) is 0 Å². The van der Waals surface area contributed by atoms with Crippen molar-refractivity contribution in [3.05, 3.63) is 35.9 Å². The van der Waals surface area contributed by atoms with Gasteiger partial charge in [0, 0.05) is 26.7 Å². The topological polar surface area (TPSA) is 45.6 Å². The number of hydrogen-bond acceptors (Lipinski definition) is 4. The number of nitrogens with zero attached hydrogens (tertiary/aromatic N) is 1. The molecule has 1 atom stereocenters. The van der Waals surface area contributed by atoms with Gasteiger partial charge in [-0.05, 0) is 12.0 Å². The van der Waals surface area contributed by atoms with Crippen molar-refractivity contribution in [1.82, 2.24) is 10.6 Å². The van der Waals surface area contributed by atoms with E-state index in [1.165, 1.54) is 5.56 Å². The van der Waals surface area contributed by atoms with Gasteiger partial charge in [-0.15, -0.1) is 0 Å². The van der Waals surface area contributed by atoms with Gasteiger partial charge in [0.2, 0.25) is 0 Å². The molecule has 0 aliphatic carbocycles. The first-order chi connectivity index (χ1) is 8.40. The number of ether oxygens (including phenoxy) is 1. The van der Waals surface area contributed by atoms with E-state index >= 15 is 0 Å². The molecule has 0 spiro atoms. The fraction of sp³-hybridized carbons (Fsp3) is 0.462. The maximum atomic E-state index is 5.48. The maximum Gasteiger partial charge on any atom is 0.191 e. The predicted octanol–water partition coefficient (Wildman–Crippen LogP) is 1.31. The van der Waals surface area contributed by atoms with E-state index in [9.17, 15) is 0 Å². The van der Waals surface area contributed by atoms with Crippen molar-refractivity contribution in [2.75, 3.05) is 26.7 Å². The second-order valence-electron chi connectivity index (χ2n) is 4.03. The third-order valence-electron chi connectivity index (χ3n) is 2.81. The van der Waals surface area contributed by atoms with Crippen LogP contribution in [0.1, 0.15) is 18.1 Å². The molecule has 2 rings (SSSR count). The van der Waals surface area contributed by atoms with Gasteiger partial charge in [-0.3, -0.25) is 4.99 Å². The Morgan fingerprint density at radius 1 is 1.41 bits per heavy atom. The summed E-state index contributed by atoms with van der Waals surface area (Å²) in [6.07, 6.45) is 1.17. The van der Waals surface area contributed by atoms with Crippen molar-refractivity contribution in [1.29, 1.82) is 0 Å². The van der Waals surface area contributed by atoms with E-state index in [2.05, 4.69) is 27.8 Å². The Bertz CT molecular complexity index is 364. The van der Waals surface area contributed by atoms with Crippen LogP contribution in [-0.4, -0.2) is 32.7 Å². The largest absolute Gasteiger partial charge is 0.375 e. The third-order valence-corrected chi connectivity index (χ3v) is 2.81. The number of rotatable bonds is 4. The van der Waals surface area contributed by atoms with Crippen molar-refractivity contribution in [2.45, 2.75) is 12.5 Å². The average molecular weight is 233 g/mol. The molecule has 0 radical (unpaired) electrons. The number of guanidine groups is 1. The number of hydrogen-bond donors (Lipinski definition) is 2. The molecule has 4 nitrogen and oxygen atoms in total. The molecule has 1 aromatic rings. The summed E-state index contributed by atoms with van der Waals surface area (Å²) in [6.45, 7) is 2.62. The molecule has 1 unspecified atom stereocenters. The maximum absolute atomic E-state index is 5.48. The van der Waals surface area contributed by atoms with Crippen molar-refractivity contribution in [3.63, 3.8) is 0 Å². The van der Waals surface area contributed by atoms with Gasteiger partial charge in [0.15, 0.2) is 5.96 Å². The third kappa shape index (κ3) is 3.46. The molecule has 0 aromatic heterocycles. The summed E-state index contributed by atoms with van der Waals surface area (Å²) < 4.78 is 5.48. The summed E-state index contributed by atoms with van der Waals surface area (Å²) >= 11 is 0. The Balaban J connectivity index is 1.90. The molecule has 17 heavy (non-hydrogen) atoms. The highest BCUT2D eigenvalue weighted by molar-refractivity contribution is 5.80. The van der Waals surface area contributed by atoms with Crippen LogP contribution >= 0.6 is 0 Å². The molecule has 1 aromatic carbocycles. The van der Waals surface area contributed by atoms with E-state index in [1.54, 1.807) is 7.11 Å². The molecule has 0 saturated heterocycles. The smallest absolute Gasteiger partial charge is 0.191 e. The summed E-state index contributed by atoms with van der Waals surface area (Å²) in [5.41, 5.74) is 1.18. The zero-order chi connectivity index (χ0) is 11.9. The highest BCUT2D eigenvalue weighted by Gasteiger charge is 2.11. The average Bonchev–Trinajstić information content (AvgIpc) is 2.42. The van der Waals surface area contributed by atoms with E-state index in [0.29, 0.717) is 0 Å². The first kappa shape index (κ1) is 11.9. The lowest BCUT2D eigenvalue weighted by atomic mass is 10.1. The van der Waals surface area contributed by atoms with Crippen LogP contribution in [0.25, 0.3) is 0 Å². The lowest BCUT2D eigenvalue weighted by molar-refractivity contribution is 0.106. The minimum Gasteiger partial charge on any atom is -0.375 e. The minimum atomic E-state index is 0.0580. The van der Waals surface area contributed by atoms with Gasteiger partial charge in [0.05, 0.1) is 6.10 Å². The van der Waals surface area contributed by atoms with Crippen LogP contribution in [0.3, 0.4) is 0 Å². The first-order valence-corrected chi connectivity index (χ1v) is 6.00. The summed E-state index contributed by atoms with van der Waals surface area (Å²) in [5, 5.41) is 6.52. The molecule has 1 aliphatic rings. The standard InChI is InChI=1S/C13H19N3O/c1-17-12(11-6-3-2-4-7-11)10-16-13-14-8-5-9-15-13/h2-4,6-7,12H,5,8-10H2,1H3,(H2,14,15,16). The Kier molecular flexibility index (Phi) is 4.38. The molecule has 0 saturated carbocycles. The molecular weight excluding hydrogens is 214 g/mol. The van der Waals surface area contributed by atoms with E-state index in [1.807, 2.05) is 18.2 Å². The van der Waals surface area contributed by atoms with Gasteiger partial charge in [0.25, 0.3) is 0 Å². The van der Waals surface area contributed by atoms with Crippen LogP contribution in [0.2, 0.25) is 0 Å². The quantitative estimate of drug-likeness (QED) is 0.824. The summed E-state index contributed by atoms with van der Waals surface area (Å²) in [6, 6.07) is 10.2. The molecule has 0 fully saturated rings. The van der Waals surface area contributed by atoms with Crippen LogP contribution in [0, 0.1) is 0 Å². The summed E-state index contributed by atoms with van der Waals surface area (Å²) in [5.74, 6) is 0.884. The van der Waals surface area contributed by atoms with Gasteiger partial charge in [-0.25, -0.2) is 0 Å². The highest BCUT2D eigenvalue weighted by atomic mass is 16.5. The highest BCUT2D eigenvalue weighted by Crippen LogP contribution is 2.14. The summed E-state index contributed by atoms with van der Waals surface area (Å²) in [7, 11) is 1.73. The zero-order valence-corrected chi connectivity index (χ0v) is 10.1. The monoisotopic (exact) mass is 233 g/mol. The van der Waals surface area contributed by atoms with Crippen molar-refractivity contribution in [2.24, 2.45) is 4.99 Å². The number of nitrogens with one attached hydrogen (secondary N) is 2. The van der Waals surface area contributed by atoms with Gasteiger partial charge >= 0.3 is 0 Å². The number of aliphatic imine (C=N–C) groups is 1. The molecule has 4 heteroatoms. The van der Waals surface area contributed by atoms with E-state index < -0.39 is 0 Å². The minimum absolute atomic E-state index is 0.0580. The van der Waals surface area contributed by atoms with Gasteiger partial charge in [0.1, 0.15) is 0 Å². The lowest BCUT2D eigenvalue weighted by Crippen LogP contribution is -2.42. The lowest BCUT2D eigenvalue weighted by Gasteiger charge is -2.20. The Morgan fingerprint density at radius 3 is 2.88 bits per heavy atom. The molecule has 0 bridgehead atoms. The molecular formula is C13H19N3O. The molecule has 1 aliphatic heterocycles. The molecule has 1 heterocycles. The normalized spacial score (nSPS) is 16.9. The molecule has 92 valence electrons. The van der Waals surface area contributed by atoms with Crippen LogP contribution in [-0.2, 0) is 4.74 Å². The van der Waals surface area contributed by atoms with Gasteiger partial charge in [-0.1, -0.05) is 30.3 Å². The molecule has 2 N–H and O–H groups in total. The fourth-order valence-corrected chi connectivity index (χ4v) is 1.85. The number of benzene rings is 1. The fourth-order valence-electron chi connectivity index (χ4n) is 1.85. The zero-order valence-electron chi connectivity index (χ0n) is 10.1. The number of methoxy groups -OCH3 is 1. The Morgan fingerprint density at radius 2 is 2.24 bits per heavy atom. The van der Waals surface area contributed by atoms with Crippen molar-refractivity contribution < 1.29 is 4.74 Å². The van der Waals surface area contributed by atoms with Crippen LogP contribution in [0.5, 0.6) is 0 Å². The second-order valence-corrected chi connectivity index (χ2v) is 4.03. The molecule has 0 amide bonds. The van der Waals surface area contributed by atoms with E-state index in [-0.39, 0.29) is 6.10 Å². The van der Waals surface area contributed by atoms with E-state index in [0.717, 1.165) is 32.0 Å². The second kappa shape index (κ2) is 6.25. The Labute approximate surface area is 102 Å². The van der Waals surface area contributed by atoms with E-state index in [4.69, 9.17) is 4.74 Å². The van der Waals surface area contributed by atoms with Gasteiger partial charge in [-0.2, -0.15) is 0 Å². The van der Waals surface area contributed by atoms with Crippen LogP contribution in [0.15, 0.2) is 35.3 Å². The summed E-state index contributed by atoms with van der Waals surface area (Å²) in [4.78, 5) is 4.37.